The largest absolute Gasteiger partial charge is 1.00 e. The molecule has 4 aliphatic rings. The second-order valence-corrected chi connectivity index (χ2v) is 18.9. The SMILES string of the molecule is CCOC(=O)C1CCC(CC(=O)N2CCc3c(N(C)C)nn(Cc4ccc(F)cc4)c3C2)CC1.CN(C)c1nn(Cc2ccc(F)cc2)c2c1CCN(C(=O)CC1CCC(C(=O)O)CC1)C2.[Na+].[OH-]. The Morgan fingerprint density at radius 2 is 1.03 bits per heavy atom. The third-order valence-corrected chi connectivity index (χ3v) is 13.9. The molecule has 2 amide bonds. The van der Waals surface area contributed by atoms with Crippen LogP contribution in [-0.2, 0) is 62.9 Å². The fourth-order valence-corrected chi connectivity index (χ4v) is 10.1. The molecule has 0 unspecified atom stereocenters. The molecule has 0 radical (unpaired) electrons. The first-order chi connectivity index (χ1) is 31.7. The van der Waals surface area contributed by atoms with Gasteiger partial charge < -0.3 is 34.9 Å². The summed E-state index contributed by atoms with van der Waals surface area (Å²) in [5, 5.41) is 18.8. The van der Waals surface area contributed by atoms with Gasteiger partial charge >= 0.3 is 41.5 Å². The minimum absolute atomic E-state index is 0. The normalized spacial score (nSPS) is 19.8. The Kier molecular flexibility index (Phi) is 19.6. The van der Waals surface area contributed by atoms with Gasteiger partial charge in [0.15, 0.2) is 11.6 Å². The molecule has 0 atom stereocenters. The van der Waals surface area contributed by atoms with Crippen molar-refractivity contribution in [3.05, 3.63) is 93.8 Å². The Bertz CT molecular complexity index is 2320. The molecular formula is C50H67F2N8NaO7. The number of carboxylic acid groups (broad SMARTS) is 1. The molecule has 2 aliphatic heterocycles. The summed E-state index contributed by atoms with van der Waals surface area (Å²) in [6, 6.07) is 12.9. The van der Waals surface area contributed by atoms with Crippen LogP contribution in [0.1, 0.15) is 105 Å². The van der Waals surface area contributed by atoms with Crippen LogP contribution < -0.4 is 39.4 Å². The number of aliphatic carboxylic acids is 1. The van der Waals surface area contributed by atoms with Crippen molar-refractivity contribution in [1.82, 2.24) is 29.4 Å². The molecule has 0 bridgehead atoms. The first kappa shape index (κ1) is 54.1. The summed E-state index contributed by atoms with van der Waals surface area (Å²) in [5.74, 6) is 1.13. The van der Waals surface area contributed by atoms with Crippen LogP contribution in [0.3, 0.4) is 0 Å². The van der Waals surface area contributed by atoms with Gasteiger partial charge in [-0.2, -0.15) is 10.2 Å². The molecule has 15 nitrogen and oxygen atoms in total. The zero-order valence-electron chi connectivity index (χ0n) is 40.6. The van der Waals surface area contributed by atoms with Crippen molar-refractivity contribution < 1.29 is 72.8 Å². The zero-order valence-corrected chi connectivity index (χ0v) is 42.6. The molecule has 68 heavy (non-hydrogen) atoms. The number of amides is 2. The molecular weight excluding hydrogens is 886 g/mol. The predicted molar refractivity (Wildman–Crippen MR) is 249 cm³/mol. The number of anilines is 2. The number of carboxylic acids is 1. The molecule has 0 spiro atoms. The third-order valence-electron chi connectivity index (χ3n) is 13.9. The Balaban J connectivity index is 0.000000247. The van der Waals surface area contributed by atoms with Gasteiger partial charge in [0.25, 0.3) is 0 Å². The molecule has 2 saturated carbocycles. The monoisotopic (exact) mass is 952 g/mol. The number of hydrogen-bond acceptors (Lipinski definition) is 10. The molecule has 2 fully saturated rings. The summed E-state index contributed by atoms with van der Waals surface area (Å²) < 4.78 is 35.7. The Morgan fingerprint density at radius 1 is 0.647 bits per heavy atom. The van der Waals surface area contributed by atoms with Crippen LogP contribution in [0.25, 0.3) is 0 Å². The number of esters is 1. The number of benzene rings is 2. The number of rotatable bonds is 13. The van der Waals surface area contributed by atoms with Crippen molar-refractivity contribution >= 4 is 35.4 Å². The number of carbonyl (C=O) groups is 4. The second kappa shape index (κ2) is 24.6. The minimum atomic E-state index is -0.718. The topological polar surface area (TPSA) is 176 Å². The number of carbonyl (C=O) groups excluding carboxylic acids is 3. The summed E-state index contributed by atoms with van der Waals surface area (Å²) in [6.07, 6.45) is 8.84. The van der Waals surface area contributed by atoms with Gasteiger partial charge in [-0.3, -0.25) is 28.5 Å². The minimum Gasteiger partial charge on any atom is -0.870 e. The summed E-state index contributed by atoms with van der Waals surface area (Å²) in [5.41, 5.74) is 6.37. The third kappa shape index (κ3) is 13.5. The fourth-order valence-electron chi connectivity index (χ4n) is 10.1. The van der Waals surface area contributed by atoms with Gasteiger partial charge in [0.2, 0.25) is 11.8 Å². The molecule has 0 saturated heterocycles. The quantitative estimate of drug-likeness (QED) is 0.152. The van der Waals surface area contributed by atoms with E-state index in [2.05, 4.69) is 0 Å². The fraction of sp³-hybridized carbons (Fsp3) is 0.560. The molecule has 364 valence electrons. The van der Waals surface area contributed by atoms with E-state index >= 15 is 0 Å². The molecule has 8 rings (SSSR count). The van der Waals surface area contributed by atoms with Gasteiger partial charge in [-0.15, -0.1) is 0 Å². The molecule has 2 aliphatic carbocycles. The molecule has 2 aromatic heterocycles. The molecule has 2 aromatic carbocycles. The maximum atomic E-state index is 13.3. The van der Waals surface area contributed by atoms with Gasteiger partial charge in [-0.1, -0.05) is 24.3 Å². The van der Waals surface area contributed by atoms with Crippen molar-refractivity contribution in [2.75, 3.05) is 57.7 Å². The Labute approximate surface area is 420 Å². The molecule has 2 N–H and O–H groups in total. The molecule has 18 heteroatoms. The van der Waals surface area contributed by atoms with E-state index in [9.17, 15) is 33.1 Å². The number of halogens is 2. The van der Waals surface area contributed by atoms with Gasteiger partial charge in [-0.25, -0.2) is 8.78 Å². The maximum Gasteiger partial charge on any atom is 1.00 e. The number of fused-ring (bicyclic) bond motifs is 2. The number of ether oxygens (including phenoxy) is 1. The molecule has 4 aromatic rings. The second-order valence-electron chi connectivity index (χ2n) is 18.9. The summed E-state index contributed by atoms with van der Waals surface area (Å²) >= 11 is 0. The Morgan fingerprint density at radius 3 is 1.38 bits per heavy atom. The van der Waals surface area contributed by atoms with Gasteiger partial charge in [0.05, 0.1) is 56.0 Å². The van der Waals surface area contributed by atoms with E-state index in [0.717, 1.165) is 85.5 Å². The summed E-state index contributed by atoms with van der Waals surface area (Å²) in [7, 11) is 7.90. The van der Waals surface area contributed by atoms with E-state index in [4.69, 9.17) is 14.9 Å². The van der Waals surface area contributed by atoms with Crippen LogP contribution in [0.5, 0.6) is 0 Å². The van der Waals surface area contributed by atoms with E-state index in [0.29, 0.717) is 77.5 Å². The smallest absolute Gasteiger partial charge is 0.870 e. The first-order valence-electron chi connectivity index (χ1n) is 23.6. The van der Waals surface area contributed by atoms with E-state index in [1.54, 1.807) is 24.3 Å². The van der Waals surface area contributed by atoms with Crippen LogP contribution in [-0.4, -0.2) is 112 Å². The maximum absolute atomic E-state index is 13.3. The van der Waals surface area contributed by atoms with Gasteiger partial charge in [0.1, 0.15) is 11.6 Å². The summed E-state index contributed by atoms with van der Waals surface area (Å²) in [4.78, 5) is 57.3. The van der Waals surface area contributed by atoms with Crippen molar-refractivity contribution in [3.8, 4) is 0 Å². The van der Waals surface area contributed by atoms with Crippen molar-refractivity contribution in [1.29, 1.82) is 0 Å². The van der Waals surface area contributed by atoms with E-state index in [1.807, 2.05) is 64.1 Å². The number of hydrogen-bond donors (Lipinski definition) is 1. The van der Waals surface area contributed by atoms with E-state index < -0.39 is 5.97 Å². The van der Waals surface area contributed by atoms with E-state index in [1.165, 1.54) is 35.4 Å². The van der Waals surface area contributed by atoms with Crippen LogP contribution in [0.2, 0.25) is 0 Å². The van der Waals surface area contributed by atoms with Crippen LogP contribution in [0, 0.1) is 35.3 Å². The number of nitrogens with zero attached hydrogens (tertiary/aromatic N) is 8. The first-order valence-corrected chi connectivity index (χ1v) is 23.6. The summed E-state index contributed by atoms with van der Waals surface area (Å²) in [6.45, 7) is 5.72. The zero-order chi connectivity index (χ0) is 47.1. The van der Waals surface area contributed by atoms with Crippen molar-refractivity contribution in [3.63, 3.8) is 0 Å². The molecule has 4 heterocycles. The Hall–Kier alpha value is -4.84. The van der Waals surface area contributed by atoms with Crippen LogP contribution >= 0.6 is 0 Å². The van der Waals surface area contributed by atoms with Crippen LogP contribution in [0.15, 0.2) is 48.5 Å². The van der Waals surface area contributed by atoms with E-state index in [-0.39, 0.29) is 82.2 Å². The average molecular weight is 953 g/mol. The predicted octanol–water partition coefficient (Wildman–Crippen LogP) is 3.91. The van der Waals surface area contributed by atoms with Crippen molar-refractivity contribution in [2.24, 2.45) is 23.7 Å². The van der Waals surface area contributed by atoms with Gasteiger partial charge in [-0.05, 0) is 118 Å². The van der Waals surface area contributed by atoms with Gasteiger partial charge in [0, 0.05) is 65.2 Å². The number of aromatic nitrogens is 4. The van der Waals surface area contributed by atoms with Crippen molar-refractivity contribution in [2.45, 2.75) is 110 Å². The van der Waals surface area contributed by atoms with Crippen LogP contribution in [0.4, 0.5) is 20.4 Å². The average Bonchev–Trinajstić information content (AvgIpc) is 3.86. The standard InChI is InChI=1S/C26H35FN4O3.C24H31FN4O3.Na.H2O/c1-4-34-26(33)20-9-5-18(6-10-20)15-24(32)30-14-13-22-23(17-30)31(28-25(22)29(2)3)16-19-7-11-21(27)12-8-19;1-27(2)23-20-11-12-28(22(30)13-16-3-7-18(8-4-16)24(31)32)15-21(20)29(26-23)14-17-5-9-19(25)10-6-17;;/h7-8,11-12,18,20H,4-6,9-10,13-17H2,1-3H3;5-6,9-10,16,18H,3-4,7-8,11-15H2,1-2H3,(H,31,32);;1H2/q;;+1;/p-1.